The second-order valence-electron chi connectivity index (χ2n) is 7.53. The second-order valence-corrected chi connectivity index (χ2v) is 7.94. The van der Waals surface area contributed by atoms with Gasteiger partial charge in [0, 0.05) is 18.1 Å². The molecule has 0 aliphatic rings. The molecule has 0 heterocycles. The molecule has 1 N–H and O–H groups in total. The van der Waals surface area contributed by atoms with E-state index in [1.165, 1.54) is 0 Å². The standard InChI is InChI=1S/C23H29ClN2O2/c1-16(2)14-25-23(28)18(4)26(15-20-11-7-8-12-21(20)24)22(27)13-19-10-6-5-9-17(19)3/h5-12,16,18H,13-15H2,1-4H3,(H,25,28). The summed E-state index contributed by atoms with van der Waals surface area (Å²) < 4.78 is 0. The fourth-order valence-corrected chi connectivity index (χ4v) is 3.11. The highest BCUT2D eigenvalue weighted by Gasteiger charge is 2.27. The molecular formula is C23H29ClN2O2. The number of amides is 2. The lowest BCUT2D eigenvalue weighted by molar-refractivity contribution is -0.140. The maximum atomic E-state index is 13.2. The average molecular weight is 401 g/mol. The van der Waals surface area contributed by atoms with Gasteiger partial charge >= 0.3 is 0 Å². The lowest BCUT2D eigenvalue weighted by Crippen LogP contribution is -2.48. The van der Waals surface area contributed by atoms with Gasteiger partial charge in [0.15, 0.2) is 0 Å². The number of nitrogens with zero attached hydrogens (tertiary/aromatic N) is 1. The number of nitrogens with one attached hydrogen (secondary N) is 1. The number of halogens is 1. The molecule has 0 aromatic heterocycles. The Morgan fingerprint density at radius 1 is 1.00 bits per heavy atom. The molecule has 0 radical (unpaired) electrons. The van der Waals surface area contributed by atoms with Gasteiger partial charge in [0.25, 0.3) is 0 Å². The van der Waals surface area contributed by atoms with Crippen LogP contribution in [-0.2, 0) is 22.6 Å². The number of hydrogen-bond donors (Lipinski definition) is 1. The first-order chi connectivity index (χ1) is 13.3. The third-order valence-electron chi connectivity index (χ3n) is 4.75. The summed E-state index contributed by atoms with van der Waals surface area (Å²) in [6, 6.07) is 14.6. The Morgan fingerprint density at radius 3 is 2.21 bits per heavy atom. The van der Waals surface area contributed by atoms with E-state index in [-0.39, 0.29) is 18.2 Å². The molecule has 2 rings (SSSR count). The molecule has 0 spiro atoms. The predicted molar refractivity (Wildman–Crippen MR) is 114 cm³/mol. The van der Waals surface area contributed by atoms with Crippen LogP contribution in [0.15, 0.2) is 48.5 Å². The highest BCUT2D eigenvalue weighted by molar-refractivity contribution is 6.31. The van der Waals surface area contributed by atoms with Crippen LogP contribution in [0, 0.1) is 12.8 Å². The van der Waals surface area contributed by atoms with Gasteiger partial charge in [0.2, 0.25) is 11.8 Å². The summed E-state index contributed by atoms with van der Waals surface area (Å²) in [4.78, 5) is 27.4. The summed E-state index contributed by atoms with van der Waals surface area (Å²) in [5.41, 5.74) is 2.85. The summed E-state index contributed by atoms with van der Waals surface area (Å²) in [5.74, 6) is 0.0936. The number of benzene rings is 2. The smallest absolute Gasteiger partial charge is 0.242 e. The number of aryl methyl sites for hydroxylation is 1. The predicted octanol–water partition coefficient (Wildman–Crippen LogP) is 4.38. The van der Waals surface area contributed by atoms with Crippen molar-refractivity contribution in [2.75, 3.05) is 6.54 Å². The Balaban J connectivity index is 2.24. The number of rotatable bonds is 8. The van der Waals surface area contributed by atoms with Crippen molar-refractivity contribution in [2.45, 2.75) is 46.7 Å². The van der Waals surface area contributed by atoms with Gasteiger partial charge in [0.1, 0.15) is 6.04 Å². The lowest BCUT2D eigenvalue weighted by Gasteiger charge is -2.29. The van der Waals surface area contributed by atoms with E-state index in [0.29, 0.717) is 24.0 Å². The van der Waals surface area contributed by atoms with Crippen molar-refractivity contribution in [3.63, 3.8) is 0 Å². The van der Waals surface area contributed by atoms with Crippen LogP contribution in [-0.4, -0.2) is 29.3 Å². The quantitative estimate of drug-likeness (QED) is 0.714. The minimum absolute atomic E-state index is 0.0959. The van der Waals surface area contributed by atoms with Crippen LogP contribution >= 0.6 is 11.6 Å². The molecule has 1 atom stereocenters. The molecule has 0 fully saturated rings. The molecule has 2 aromatic carbocycles. The van der Waals surface area contributed by atoms with E-state index in [2.05, 4.69) is 5.32 Å². The van der Waals surface area contributed by atoms with E-state index in [4.69, 9.17) is 11.6 Å². The first-order valence-corrected chi connectivity index (χ1v) is 10.0. The number of carbonyl (C=O) groups excluding carboxylic acids is 2. The molecule has 0 saturated carbocycles. The van der Waals surface area contributed by atoms with Gasteiger partial charge in [0.05, 0.1) is 6.42 Å². The van der Waals surface area contributed by atoms with Crippen molar-refractivity contribution in [3.05, 3.63) is 70.2 Å². The lowest BCUT2D eigenvalue weighted by atomic mass is 10.0. The molecule has 4 nitrogen and oxygen atoms in total. The normalized spacial score (nSPS) is 11.9. The topological polar surface area (TPSA) is 49.4 Å². The van der Waals surface area contributed by atoms with Crippen molar-refractivity contribution in [3.8, 4) is 0 Å². The van der Waals surface area contributed by atoms with E-state index in [1.807, 2.05) is 63.2 Å². The highest BCUT2D eigenvalue weighted by Crippen LogP contribution is 2.20. The second kappa shape index (κ2) is 10.3. The average Bonchev–Trinajstić information content (AvgIpc) is 2.66. The number of carbonyl (C=O) groups is 2. The van der Waals surface area contributed by atoms with Crippen LogP contribution in [0.25, 0.3) is 0 Å². The summed E-state index contributed by atoms with van der Waals surface area (Å²) in [5, 5.41) is 3.52. The zero-order valence-electron chi connectivity index (χ0n) is 17.0. The van der Waals surface area contributed by atoms with Crippen molar-refractivity contribution >= 4 is 23.4 Å². The minimum Gasteiger partial charge on any atom is -0.354 e. The van der Waals surface area contributed by atoms with Gasteiger partial charge in [-0.15, -0.1) is 0 Å². The molecule has 0 aliphatic heterocycles. The van der Waals surface area contributed by atoms with Crippen LogP contribution in [0.3, 0.4) is 0 Å². The van der Waals surface area contributed by atoms with Crippen molar-refractivity contribution in [1.82, 2.24) is 10.2 Å². The first-order valence-electron chi connectivity index (χ1n) is 9.64. The Morgan fingerprint density at radius 2 is 1.61 bits per heavy atom. The van der Waals surface area contributed by atoms with Crippen LogP contribution in [0.1, 0.15) is 37.5 Å². The molecule has 0 bridgehead atoms. The Kier molecular flexibility index (Phi) is 8.06. The van der Waals surface area contributed by atoms with E-state index in [0.717, 1.165) is 16.7 Å². The van der Waals surface area contributed by atoms with Crippen LogP contribution in [0.2, 0.25) is 5.02 Å². The summed E-state index contributed by atoms with van der Waals surface area (Å²) in [6.45, 7) is 8.70. The molecule has 150 valence electrons. The summed E-state index contributed by atoms with van der Waals surface area (Å²) in [6.07, 6.45) is 0.249. The van der Waals surface area contributed by atoms with E-state index < -0.39 is 6.04 Å². The first kappa shape index (κ1) is 22.0. The SMILES string of the molecule is Cc1ccccc1CC(=O)N(Cc1ccccc1Cl)C(C)C(=O)NCC(C)C. The van der Waals surface area contributed by atoms with Crippen molar-refractivity contribution in [2.24, 2.45) is 5.92 Å². The van der Waals surface area contributed by atoms with Gasteiger partial charge in [-0.25, -0.2) is 0 Å². The highest BCUT2D eigenvalue weighted by atomic mass is 35.5. The molecule has 0 aliphatic carbocycles. The third-order valence-corrected chi connectivity index (χ3v) is 5.12. The summed E-state index contributed by atoms with van der Waals surface area (Å²) >= 11 is 6.31. The Hall–Kier alpha value is -2.33. The fourth-order valence-electron chi connectivity index (χ4n) is 2.92. The van der Waals surface area contributed by atoms with Gasteiger partial charge in [-0.2, -0.15) is 0 Å². The van der Waals surface area contributed by atoms with E-state index in [9.17, 15) is 9.59 Å². The minimum atomic E-state index is -0.591. The van der Waals surface area contributed by atoms with Crippen LogP contribution in [0.4, 0.5) is 0 Å². The van der Waals surface area contributed by atoms with Crippen molar-refractivity contribution < 1.29 is 9.59 Å². The largest absolute Gasteiger partial charge is 0.354 e. The van der Waals surface area contributed by atoms with Gasteiger partial charge < -0.3 is 10.2 Å². The summed E-state index contributed by atoms with van der Waals surface area (Å²) in [7, 11) is 0. The molecule has 2 aromatic rings. The van der Waals surface area contributed by atoms with Gasteiger partial charge in [-0.1, -0.05) is 67.9 Å². The molecular weight excluding hydrogens is 372 g/mol. The van der Waals surface area contributed by atoms with Gasteiger partial charge in [-0.3, -0.25) is 9.59 Å². The zero-order chi connectivity index (χ0) is 20.7. The maximum Gasteiger partial charge on any atom is 0.242 e. The van der Waals surface area contributed by atoms with Crippen molar-refractivity contribution in [1.29, 1.82) is 0 Å². The zero-order valence-corrected chi connectivity index (χ0v) is 17.8. The van der Waals surface area contributed by atoms with E-state index in [1.54, 1.807) is 17.9 Å². The monoisotopic (exact) mass is 400 g/mol. The molecule has 5 heteroatoms. The fraction of sp³-hybridized carbons (Fsp3) is 0.391. The Labute approximate surface area is 172 Å². The Bertz CT molecular complexity index is 820. The molecule has 2 amide bonds. The van der Waals surface area contributed by atoms with Crippen LogP contribution < -0.4 is 5.32 Å². The molecule has 1 unspecified atom stereocenters. The van der Waals surface area contributed by atoms with Gasteiger partial charge in [-0.05, 0) is 42.5 Å². The molecule has 0 saturated heterocycles. The van der Waals surface area contributed by atoms with E-state index >= 15 is 0 Å². The third kappa shape index (κ3) is 6.10. The maximum absolute atomic E-state index is 13.2. The van der Waals surface area contributed by atoms with Crippen LogP contribution in [0.5, 0.6) is 0 Å². The number of hydrogen-bond acceptors (Lipinski definition) is 2. The molecule has 28 heavy (non-hydrogen) atoms.